The Morgan fingerprint density at radius 3 is 2.39 bits per heavy atom. The molecule has 1 N–H and O–H groups in total. The molecule has 8 aromatic rings. The van der Waals surface area contributed by atoms with Crippen molar-refractivity contribution >= 4 is 44.0 Å². The quantitative estimate of drug-likeness (QED) is 0.227. The number of furan rings is 1. The third-order valence-corrected chi connectivity index (χ3v) is 8.33. The molecule has 0 saturated carbocycles. The molecule has 0 aliphatic rings. The van der Waals surface area contributed by atoms with Crippen LogP contribution in [0.3, 0.4) is 0 Å². The Labute approximate surface area is 254 Å². The van der Waals surface area contributed by atoms with Crippen molar-refractivity contribution in [1.29, 1.82) is 0 Å². The molecule has 0 unspecified atom stereocenters. The van der Waals surface area contributed by atoms with Gasteiger partial charge in [-0.3, -0.25) is 4.57 Å². The highest BCUT2D eigenvalue weighted by atomic mass is 16.3. The number of aromatic nitrogens is 4. The summed E-state index contributed by atoms with van der Waals surface area (Å²) in [6.07, 6.45) is 1.83. The standard InChI is InChI=1S/C38H30N4O2/c1-22-19-23(21-24(20-22)42-30-16-7-5-11-25(30)26-14-10-18-39-37(26)42)32-35-33(27-12-6-8-17-31(27)44-35)41-36(40-32)28-13-9-15-29(34(28)43)38(2,3)4/h5-21,43H,1-4H3. The summed E-state index contributed by atoms with van der Waals surface area (Å²) in [5, 5.41) is 14.6. The van der Waals surface area contributed by atoms with E-state index < -0.39 is 0 Å². The maximum absolute atomic E-state index is 11.5. The zero-order chi connectivity index (χ0) is 30.2. The first-order valence-corrected chi connectivity index (χ1v) is 14.8. The van der Waals surface area contributed by atoms with Crippen LogP contribution in [0.1, 0.15) is 31.9 Å². The van der Waals surface area contributed by atoms with Crippen LogP contribution in [0, 0.1) is 6.92 Å². The number of aryl methyl sites for hydroxylation is 1. The Morgan fingerprint density at radius 1 is 0.773 bits per heavy atom. The zero-order valence-corrected chi connectivity index (χ0v) is 25.0. The lowest BCUT2D eigenvalue weighted by atomic mass is 9.85. The molecular formula is C38H30N4O2. The number of nitrogens with zero attached hydrogens (tertiary/aromatic N) is 4. The monoisotopic (exact) mass is 574 g/mol. The summed E-state index contributed by atoms with van der Waals surface area (Å²) in [4.78, 5) is 14.9. The van der Waals surface area contributed by atoms with Crippen LogP contribution in [-0.4, -0.2) is 24.6 Å². The SMILES string of the molecule is Cc1cc(-c2nc(-c3cccc(C(C)(C)C)c3O)nc3c2oc2ccccc23)cc(-n2c3ccccc3c3cccnc32)c1. The first-order chi connectivity index (χ1) is 21.3. The summed E-state index contributed by atoms with van der Waals surface area (Å²) in [7, 11) is 0. The number of para-hydroxylation sites is 3. The summed E-state index contributed by atoms with van der Waals surface area (Å²) in [5.74, 6) is 0.642. The number of hydrogen-bond acceptors (Lipinski definition) is 5. The van der Waals surface area contributed by atoms with E-state index in [1.807, 2.05) is 54.7 Å². The fourth-order valence-corrected chi connectivity index (χ4v) is 6.32. The van der Waals surface area contributed by atoms with E-state index in [1.165, 1.54) is 0 Å². The van der Waals surface area contributed by atoms with Gasteiger partial charge in [0, 0.05) is 33.6 Å². The number of fused-ring (bicyclic) bond motifs is 6. The normalized spacial score (nSPS) is 12.2. The molecule has 0 saturated heterocycles. The van der Waals surface area contributed by atoms with Crippen molar-refractivity contribution in [2.24, 2.45) is 0 Å². The van der Waals surface area contributed by atoms with E-state index >= 15 is 0 Å². The lowest BCUT2D eigenvalue weighted by molar-refractivity contribution is 0.448. The second-order valence-corrected chi connectivity index (χ2v) is 12.4. The molecule has 0 bridgehead atoms. The molecule has 0 spiro atoms. The highest BCUT2D eigenvalue weighted by Crippen LogP contribution is 2.41. The second-order valence-electron chi connectivity index (χ2n) is 12.4. The van der Waals surface area contributed by atoms with E-state index in [2.05, 4.69) is 80.8 Å². The van der Waals surface area contributed by atoms with Gasteiger partial charge in [0.25, 0.3) is 0 Å². The van der Waals surface area contributed by atoms with Crippen molar-refractivity contribution in [2.75, 3.05) is 0 Å². The number of hydrogen-bond donors (Lipinski definition) is 1. The van der Waals surface area contributed by atoms with Crippen LogP contribution < -0.4 is 0 Å². The molecule has 0 atom stereocenters. The minimum atomic E-state index is -0.253. The fraction of sp³-hybridized carbons (Fsp3) is 0.132. The molecule has 4 aromatic heterocycles. The molecule has 0 radical (unpaired) electrons. The number of aromatic hydroxyl groups is 1. The average Bonchev–Trinajstić information content (AvgIpc) is 3.56. The molecule has 214 valence electrons. The van der Waals surface area contributed by atoms with Crippen molar-refractivity contribution in [3.8, 4) is 34.1 Å². The zero-order valence-electron chi connectivity index (χ0n) is 25.0. The third-order valence-electron chi connectivity index (χ3n) is 8.33. The number of rotatable bonds is 3. The molecule has 44 heavy (non-hydrogen) atoms. The largest absolute Gasteiger partial charge is 0.507 e. The summed E-state index contributed by atoms with van der Waals surface area (Å²) in [6, 6.07) is 32.6. The average molecular weight is 575 g/mol. The van der Waals surface area contributed by atoms with E-state index in [1.54, 1.807) is 0 Å². The molecule has 0 fully saturated rings. The second kappa shape index (κ2) is 9.51. The maximum atomic E-state index is 11.5. The van der Waals surface area contributed by atoms with Gasteiger partial charge >= 0.3 is 0 Å². The van der Waals surface area contributed by atoms with Crippen LogP contribution in [0.2, 0.25) is 0 Å². The predicted octanol–water partition coefficient (Wildman–Crippen LogP) is 9.51. The number of benzene rings is 4. The van der Waals surface area contributed by atoms with Crippen LogP contribution in [-0.2, 0) is 5.41 Å². The number of phenols is 1. The Kier molecular flexibility index (Phi) is 5.65. The van der Waals surface area contributed by atoms with Crippen molar-refractivity contribution in [1.82, 2.24) is 19.5 Å². The summed E-state index contributed by atoms with van der Waals surface area (Å²) in [6.45, 7) is 8.35. The Bertz CT molecular complexity index is 2360. The topological polar surface area (TPSA) is 77.0 Å². The van der Waals surface area contributed by atoms with Gasteiger partial charge in [-0.15, -0.1) is 0 Å². The summed E-state index contributed by atoms with van der Waals surface area (Å²) >= 11 is 0. The Hall–Kier alpha value is -5.49. The van der Waals surface area contributed by atoms with Gasteiger partial charge in [-0.2, -0.15) is 0 Å². The Morgan fingerprint density at radius 2 is 1.55 bits per heavy atom. The highest BCUT2D eigenvalue weighted by Gasteiger charge is 2.24. The molecule has 6 heteroatoms. The minimum absolute atomic E-state index is 0.194. The van der Waals surface area contributed by atoms with E-state index in [0.29, 0.717) is 28.2 Å². The molecule has 0 amide bonds. The van der Waals surface area contributed by atoms with Crippen LogP contribution in [0.4, 0.5) is 0 Å². The number of pyridine rings is 1. The number of phenolic OH excluding ortho intramolecular Hbond substituents is 1. The lowest BCUT2D eigenvalue weighted by Crippen LogP contribution is -2.11. The van der Waals surface area contributed by atoms with E-state index in [0.717, 1.165) is 55.3 Å². The summed E-state index contributed by atoms with van der Waals surface area (Å²) in [5.41, 5.74) is 8.82. The van der Waals surface area contributed by atoms with Crippen molar-refractivity contribution < 1.29 is 9.52 Å². The Balaban J connectivity index is 1.43. The first kappa shape index (κ1) is 26.2. The smallest absolute Gasteiger partial charge is 0.180 e. The summed E-state index contributed by atoms with van der Waals surface area (Å²) < 4.78 is 8.65. The first-order valence-electron chi connectivity index (χ1n) is 14.8. The van der Waals surface area contributed by atoms with E-state index in [-0.39, 0.29) is 11.2 Å². The van der Waals surface area contributed by atoms with Crippen LogP contribution in [0.5, 0.6) is 5.75 Å². The predicted molar refractivity (Wildman–Crippen MR) is 177 cm³/mol. The molecule has 0 aliphatic heterocycles. The molecule has 8 rings (SSSR count). The third kappa shape index (κ3) is 3.98. The maximum Gasteiger partial charge on any atom is 0.180 e. The van der Waals surface area contributed by atoms with Gasteiger partial charge in [0.2, 0.25) is 0 Å². The van der Waals surface area contributed by atoms with Gasteiger partial charge < -0.3 is 9.52 Å². The lowest BCUT2D eigenvalue weighted by Gasteiger charge is -2.21. The van der Waals surface area contributed by atoms with Gasteiger partial charge in [0.15, 0.2) is 11.4 Å². The fourth-order valence-electron chi connectivity index (χ4n) is 6.32. The van der Waals surface area contributed by atoms with Gasteiger partial charge in [0.1, 0.15) is 28.2 Å². The van der Waals surface area contributed by atoms with Gasteiger partial charge in [0.05, 0.1) is 11.1 Å². The van der Waals surface area contributed by atoms with Crippen molar-refractivity contribution in [3.05, 3.63) is 114 Å². The van der Waals surface area contributed by atoms with Crippen LogP contribution in [0.15, 0.2) is 108 Å². The molecule has 4 heterocycles. The van der Waals surface area contributed by atoms with E-state index in [4.69, 9.17) is 19.4 Å². The van der Waals surface area contributed by atoms with Gasteiger partial charge in [-0.25, -0.2) is 15.0 Å². The minimum Gasteiger partial charge on any atom is -0.507 e. The van der Waals surface area contributed by atoms with Gasteiger partial charge in [-0.1, -0.05) is 63.2 Å². The molecular weight excluding hydrogens is 544 g/mol. The van der Waals surface area contributed by atoms with Crippen molar-refractivity contribution in [2.45, 2.75) is 33.1 Å². The van der Waals surface area contributed by atoms with Crippen LogP contribution in [0.25, 0.3) is 72.3 Å². The molecule has 0 aliphatic carbocycles. The molecule has 4 aromatic carbocycles. The van der Waals surface area contributed by atoms with E-state index in [9.17, 15) is 5.11 Å². The molecule has 6 nitrogen and oxygen atoms in total. The van der Waals surface area contributed by atoms with Crippen molar-refractivity contribution in [3.63, 3.8) is 0 Å². The van der Waals surface area contributed by atoms with Crippen LogP contribution >= 0.6 is 0 Å². The highest BCUT2D eigenvalue weighted by molar-refractivity contribution is 6.09. The van der Waals surface area contributed by atoms with Gasteiger partial charge in [-0.05, 0) is 78.1 Å².